The van der Waals surface area contributed by atoms with Crippen LogP contribution < -0.4 is 26.2 Å². The number of carbonyl (C=O) groups is 1. The van der Waals surface area contributed by atoms with Crippen LogP contribution in [0, 0.1) is 0 Å². The molecule has 0 aliphatic carbocycles. The predicted molar refractivity (Wildman–Crippen MR) is 144 cm³/mol. The molecule has 1 atom stereocenters. The largest absolute Gasteiger partial charge is 0.451 e. The third-order valence-electron chi connectivity index (χ3n) is 6.75. The summed E-state index contributed by atoms with van der Waals surface area (Å²) in [6.07, 6.45) is 8.83. The SMILES string of the molecule is NC1C=CC(c2ccc(C(=O)Nc3cc4sc(N5CCOCC5)nc4cc3N3CCCCC3)o2)=CN1. The molecule has 9 nitrogen and oxygen atoms in total. The van der Waals surface area contributed by atoms with Gasteiger partial charge in [-0.3, -0.25) is 4.79 Å². The first-order chi connectivity index (χ1) is 17.6. The Morgan fingerprint density at radius 1 is 1.11 bits per heavy atom. The monoisotopic (exact) mass is 506 g/mol. The molecule has 1 unspecified atom stereocenters. The van der Waals surface area contributed by atoms with Crippen LogP contribution in [0.15, 0.2) is 47.0 Å². The highest BCUT2D eigenvalue weighted by Crippen LogP contribution is 2.38. The smallest absolute Gasteiger partial charge is 0.291 e. The maximum absolute atomic E-state index is 13.3. The number of nitrogens with one attached hydrogen (secondary N) is 2. The maximum Gasteiger partial charge on any atom is 0.291 e. The van der Waals surface area contributed by atoms with E-state index in [1.807, 2.05) is 12.2 Å². The first-order valence-corrected chi connectivity index (χ1v) is 13.3. The number of aromatic nitrogens is 1. The molecule has 188 valence electrons. The summed E-state index contributed by atoms with van der Waals surface area (Å²) in [4.78, 5) is 22.8. The first-order valence-electron chi connectivity index (χ1n) is 12.5. The molecular weight excluding hydrogens is 476 g/mol. The third-order valence-corrected chi connectivity index (χ3v) is 7.83. The summed E-state index contributed by atoms with van der Waals surface area (Å²) < 4.78 is 12.4. The van der Waals surface area contributed by atoms with Gasteiger partial charge in [0.1, 0.15) is 5.76 Å². The van der Waals surface area contributed by atoms with Crippen LogP contribution in [0.1, 0.15) is 35.6 Å². The van der Waals surface area contributed by atoms with E-state index in [-0.39, 0.29) is 17.8 Å². The molecule has 3 aliphatic rings. The minimum absolute atomic E-state index is 0.217. The van der Waals surface area contributed by atoms with Gasteiger partial charge in [0, 0.05) is 38.0 Å². The summed E-state index contributed by atoms with van der Waals surface area (Å²) in [6.45, 7) is 5.06. The van der Waals surface area contributed by atoms with Gasteiger partial charge in [-0.15, -0.1) is 0 Å². The van der Waals surface area contributed by atoms with E-state index in [1.165, 1.54) is 6.42 Å². The van der Waals surface area contributed by atoms with E-state index in [0.717, 1.165) is 84.5 Å². The van der Waals surface area contributed by atoms with E-state index in [4.69, 9.17) is 19.9 Å². The zero-order chi connectivity index (χ0) is 24.5. The number of rotatable bonds is 5. The fraction of sp³-hybridized carbons (Fsp3) is 0.385. The van der Waals surface area contributed by atoms with Gasteiger partial charge in [0.25, 0.3) is 5.91 Å². The van der Waals surface area contributed by atoms with Crippen molar-refractivity contribution >= 4 is 49.5 Å². The molecule has 5 heterocycles. The first kappa shape index (κ1) is 23.1. The number of furan rings is 1. The molecule has 1 aromatic carbocycles. The lowest BCUT2D eigenvalue weighted by Gasteiger charge is -2.30. The Kier molecular flexibility index (Phi) is 6.39. The number of allylic oxidation sites excluding steroid dienone is 2. The van der Waals surface area contributed by atoms with Crippen LogP contribution in [0.25, 0.3) is 15.8 Å². The lowest BCUT2D eigenvalue weighted by molar-refractivity contribution is 0.0996. The van der Waals surface area contributed by atoms with Crippen LogP contribution in [-0.4, -0.2) is 56.4 Å². The predicted octanol–water partition coefficient (Wildman–Crippen LogP) is 3.75. The van der Waals surface area contributed by atoms with E-state index in [1.54, 1.807) is 29.7 Å². The van der Waals surface area contributed by atoms with Crippen molar-refractivity contribution in [3.63, 3.8) is 0 Å². The summed E-state index contributed by atoms with van der Waals surface area (Å²) in [5, 5.41) is 7.17. The molecule has 6 rings (SSSR count). The van der Waals surface area contributed by atoms with Crippen LogP contribution in [0.4, 0.5) is 16.5 Å². The number of morpholine rings is 1. The fourth-order valence-corrected chi connectivity index (χ4v) is 5.82. The van der Waals surface area contributed by atoms with Crippen LogP contribution >= 0.6 is 11.3 Å². The number of hydrogen-bond acceptors (Lipinski definition) is 9. The second-order valence-corrected chi connectivity index (χ2v) is 10.3. The molecule has 36 heavy (non-hydrogen) atoms. The number of piperidine rings is 1. The van der Waals surface area contributed by atoms with Gasteiger partial charge in [0.15, 0.2) is 10.9 Å². The number of hydrogen-bond donors (Lipinski definition) is 3. The van der Waals surface area contributed by atoms with Gasteiger partial charge in [0.05, 0.1) is 41.0 Å². The molecule has 2 saturated heterocycles. The normalized spacial score (nSPS) is 20.4. The Morgan fingerprint density at radius 3 is 2.72 bits per heavy atom. The maximum atomic E-state index is 13.3. The van der Waals surface area contributed by atoms with E-state index in [2.05, 4.69) is 32.6 Å². The van der Waals surface area contributed by atoms with E-state index >= 15 is 0 Å². The second-order valence-electron chi connectivity index (χ2n) is 9.25. The quantitative estimate of drug-likeness (QED) is 0.480. The Bertz CT molecular complexity index is 1320. The minimum Gasteiger partial charge on any atom is -0.451 e. The average Bonchev–Trinajstić information content (AvgIpc) is 3.57. The van der Waals surface area contributed by atoms with Crippen molar-refractivity contribution in [1.82, 2.24) is 10.3 Å². The summed E-state index contributed by atoms with van der Waals surface area (Å²) in [6, 6.07) is 7.68. The molecule has 2 aromatic heterocycles. The summed E-state index contributed by atoms with van der Waals surface area (Å²) >= 11 is 1.65. The number of nitrogens with zero attached hydrogens (tertiary/aromatic N) is 3. The molecule has 3 aliphatic heterocycles. The molecule has 0 spiro atoms. The molecular formula is C26H30N6O3S. The van der Waals surface area contributed by atoms with Gasteiger partial charge in [0.2, 0.25) is 0 Å². The fourth-order valence-electron chi connectivity index (χ4n) is 4.79. The van der Waals surface area contributed by atoms with Crippen molar-refractivity contribution in [3.05, 3.63) is 54.1 Å². The number of carbonyl (C=O) groups excluding carboxylic acids is 1. The molecule has 0 bridgehead atoms. The molecule has 2 fully saturated rings. The van der Waals surface area contributed by atoms with Gasteiger partial charge < -0.3 is 35.3 Å². The number of thiazole rings is 1. The van der Waals surface area contributed by atoms with Crippen molar-refractivity contribution in [3.8, 4) is 0 Å². The van der Waals surface area contributed by atoms with Crippen molar-refractivity contribution in [2.75, 3.05) is 54.5 Å². The van der Waals surface area contributed by atoms with Crippen LogP contribution in [0.5, 0.6) is 0 Å². The summed E-state index contributed by atoms with van der Waals surface area (Å²) in [5.74, 6) is 0.596. The van der Waals surface area contributed by atoms with Gasteiger partial charge in [-0.25, -0.2) is 4.98 Å². The van der Waals surface area contributed by atoms with E-state index < -0.39 is 0 Å². The molecule has 10 heteroatoms. The van der Waals surface area contributed by atoms with Gasteiger partial charge in [-0.1, -0.05) is 17.4 Å². The van der Waals surface area contributed by atoms with E-state index in [9.17, 15) is 4.79 Å². The molecule has 3 aromatic rings. The lowest BCUT2D eigenvalue weighted by Crippen LogP contribution is -2.36. The van der Waals surface area contributed by atoms with Crippen LogP contribution in [-0.2, 0) is 4.74 Å². The zero-order valence-corrected chi connectivity index (χ0v) is 20.9. The second kappa shape index (κ2) is 9.96. The van der Waals surface area contributed by atoms with Crippen molar-refractivity contribution in [2.45, 2.75) is 25.4 Å². The average molecular weight is 507 g/mol. The number of benzene rings is 1. The number of anilines is 3. The molecule has 1 amide bonds. The highest BCUT2D eigenvalue weighted by atomic mass is 32.1. The number of fused-ring (bicyclic) bond motifs is 1. The lowest BCUT2D eigenvalue weighted by atomic mass is 10.1. The molecule has 0 radical (unpaired) electrons. The zero-order valence-electron chi connectivity index (χ0n) is 20.0. The van der Waals surface area contributed by atoms with Gasteiger partial charge in [-0.2, -0.15) is 0 Å². The summed E-state index contributed by atoms with van der Waals surface area (Å²) in [5.41, 5.74) is 9.42. The number of dihydropyridines is 1. The topological polar surface area (TPSA) is 109 Å². The van der Waals surface area contributed by atoms with Gasteiger partial charge >= 0.3 is 0 Å². The summed E-state index contributed by atoms with van der Waals surface area (Å²) in [7, 11) is 0. The van der Waals surface area contributed by atoms with Crippen LogP contribution in [0.3, 0.4) is 0 Å². The van der Waals surface area contributed by atoms with Crippen molar-refractivity contribution in [1.29, 1.82) is 0 Å². The third kappa shape index (κ3) is 4.71. The van der Waals surface area contributed by atoms with Crippen LogP contribution in [0.2, 0.25) is 0 Å². The Balaban J connectivity index is 1.29. The Morgan fingerprint density at radius 2 is 1.94 bits per heavy atom. The minimum atomic E-state index is -0.276. The molecule has 4 N–H and O–H groups in total. The number of amides is 1. The van der Waals surface area contributed by atoms with Crippen molar-refractivity contribution in [2.24, 2.45) is 5.73 Å². The highest BCUT2D eigenvalue weighted by molar-refractivity contribution is 7.22. The number of ether oxygens (including phenoxy) is 1. The Labute approximate surface area is 213 Å². The Hall–Kier alpha value is -3.34. The standard InChI is InChI=1S/C26H30N6O3S/c27-24-7-4-17(16-28-24)21-5-6-22(35-21)25(33)29-18-15-23-19(14-20(18)31-8-2-1-3-9-31)30-26(36-23)32-10-12-34-13-11-32/h4-7,14-16,24,28H,1-3,8-13,27H2,(H,29,33). The highest BCUT2D eigenvalue weighted by Gasteiger charge is 2.22. The number of nitrogens with two attached hydrogens (primary N) is 1. The van der Waals surface area contributed by atoms with E-state index in [0.29, 0.717) is 5.76 Å². The van der Waals surface area contributed by atoms with Crippen molar-refractivity contribution < 1.29 is 13.9 Å². The van der Waals surface area contributed by atoms with Gasteiger partial charge in [-0.05, 0) is 49.6 Å². The molecule has 0 saturated carbocycles.